The Hall–Kier alpha value is -1.83. The normalized spacial score (nSPS) is 11.3. The Kier molecular flexibility index (Phi) is 4.70. The SMILES string of the molecule is Cl.N#CC(CN)Nc1cncc2ccccc12. The summed E-state index contributed by atoms with van der Waals surface area (Å²) in [4.78, 5) is 4.12. The van der Waals surface area contributed by atoms with Crippen molar-refractivity contribution in [1.82, 2.24) is 4.98 Å². The van der Waals surface area contributed by atoms with Crippen molar-refractivity contribution in [2.75, 3.05) is 11.9 Å². The lowest BCUT2D eigenvalue weighted by atomic mass is 10.1. The van der Waals surface area contributed by atoms with Gasteiger partial charge < -0.3 is 11.1 Å². The Morgan fingerprint density at radius 3 is 2.82 bits per heavy atom. The molecule has 0 spiro atoms. The van der Waals surface area contributed by atoms with E-state index in [9.17, 15) is 0 Å². The quantitative estimate of drug-likeness (QED) is 0.870. The third kappa shape index (κ3) is 2.84. The topological polar surface area (TPSA) is 74.7 Å². The van der Waals surface area contributed by atoms with Gasteiger partial charge in [-0.1, -0.05) is 24.3 Å². The Morgan fingerprint density at radius 1 is 1.35 bits per heavy atom. The number of hydrogen-bond donors (Lipinski definition) is 2. The summed E-state index contributed by atoms with van der Waals surface area (Å²) in [6.07, 6.45) is 3.51. The highest BCUT2D eigenvalue weighted by molar-refractivity contribution is 5.92. The molecule has 0 amide bonds. The van der Waals surface area contributed by atoms with E-state index in [0.717, 1.165) is 16.5 Å². The van der Waals surface area contributed by atoms with Crippen LogP contribution in [0.4, 0.5) is 5.69 Å². The van der Waals surface area contributed by atoms with Crippen LogP contribution in [0.15, 0.2) is 36.7 Å². The lowest BCUT2D eigenvalue weighted by Crippen LogP contribution is -2.27. The molecule has 0 fully saturated rings. The number of aromatic nitrogens is 1. The van der Waals surface area contributed by atoms with Crippen molar-refractivity contribution in [2.24, 2.45) is 5.73 Å². The van der Waals surface area contributed by atoms with Crippen molar-refractivity contribution in [3.63, 3.8) is 0 Å². The minimum atomic E-state index is -0.382. The molecule has 17 heavy (non-hydrogen) atoms. The number of fused-ring (bicyclic) bond motifs is 1. The number of pyridine rings is 1. The molecular formula is C12H13ClN4. The molecule has 0 saturated heterocycles. The number of nitriles is 1. The Balaban J connectivity index is 0.00000144. The number of hydrogen-bond acceptors (Lipinski definition) is 4. The van der Waals surface area contributed by atoms with Crippen molar-refractivity contribution in [3.8, 4) is 6.07 Å². The number of nitrogens with zero attached hydrogens (tertiary/aromatic N) is 2. The molecule has 1 heterocycles. The highest BCUT2D eigenvalue weighted by Crippen LogP contribution is 2.21. The van der Waals surface area contributed by atoms with Gasteiger partial charge in [-0.15, -0.1) is 12.4 Å². The summed E-state index contributed by atoms with van der Waals surface area (Å²) in [7, 11) is 0. The van der Waals surface area contributed by atoms with Crippen LogP contribution in [0.5, 0.6) is 0 Å². The molecule has 1 aromatic heterocycles. The summed E-state index contributed by atoms with van der Waals surface area (Å²) in [5.74, 6) is 0. The van der Waals surface area contributed by atoms with E-state index in [-0.39, 0.29) is 25.0 Å². The van der Waals surface area contributed by atoms with Gasteiger partial charge in [-0.05, 0) is 0 Å². The average Bonchev–Trinajstić information content (AvgIpc) is 2.36. The predicted octanol–water partition coefficient (Wildman–Crippen LogP) is 1.92. The van der Waals surface area contributed by atoms with Crippen molar-refractivity contribution >= 4 is 28.9 Å². The van der Waals surface area contributed by atoms with Crippen LogP contribution in [-0.2, 0) is 0 Å². The van der Waals surface area contributed by atoms with Crippen LogP contribution in [0, 0.1) is 11.3 Å². The van der Waals surface area contributed by atoms with E-state index in [0.29, 0.717) is 0 Å². The highest BCUT2D eigenvalue weighted by Gasteiger charge is 2.06. The van der Waals surface area contributed by atoms with E-state index < -0.39 is 0 Å². The van der Waals surface area contributed by atoms with Gasteiger partial charge in [0, 0.05) is 23.5 Å². The van der Waals surface area contributed by atoms with Crippen LogP contribution in [0.25, 0.3) is 10.8 Å². The predicted molar refractivity (Wildman–Crippen MR) is 71.1 cm³/mol. The fourth-order valence-corrected chi connectivity index (χ4v) is 1.56. The standard InChI is InChI=1S/C12H12N4.ClH/c13-5-10(6-14)16-12-8-15-7-9-3-1-2-4-11(9)12;/h1-4,7-8,10,16H,5,13H2;1H. The summed E-state index contributed by atoms with van der Waals surface area (Å²) in [6.45, 7) is 0.278. The fourth-order valence-electron chi connectivity index (χ4n) is 1.56. The van der Waals surface area contributed by atoms with Crippen LogP contribution < -0.4 is 11.1 Å². The Labute approximate surface area is 106 Å². The molecule has 2 aromatic rings. The second kappa shape index (κ2) is 6.04. The van der Waals surface area contributed by atoms with Crippen LogP contribution in [0.2, 0.25) is 0 Å². The number of rotatable bonds is 3. The number of benzene rings is 1. The Morgan fingerprint density at radius 2 is 2.12 bits per heavy atom. The van der Waals surface area contributed by atoms with Crippen LogP contribution >= 0.6 is 12.4 Å². The minimum Gasteiger partial charge on any atom is -0.367 e. The maximum Gasteiger partial charge on any atom is 0.126 e. The van der Waals surface area contributed by atoms with E-state index in [2.05, 4.69) is 16.4 Å². The highest BCUT2D eigenvalue weighted by atomic mass is 35.5. The third-order valence-corrected chi connectivity index (χ3v) is 2.39. The van der Waals surface area contributed by atoms with Crippen LogP contribution in [0.1, 0.15) is 0 Å². The summed E-state index contributed by atoms with van der Waals surface area (Å²) < 4.78 is 0. The van der Waals surface area contributed by atoms with Gasteiger partial charge in [-0.3, -0.25) is 4.98 Å². The molecule has 0 saturated carbocycles. The molecule has 88 valence electrons. The first kappa shape index (κ1) is 13.2. The molecule has 0 bridgehead atoms. The monoisotopic (exact) mass is 248 g/mol. The number of halogens is 1. The summed E-state index contributed by atoms with van der Waals surface area (Å²) in [5.41, 5.74) is 6.31. The van der Waals surface area contributed by atoms with Gasteiger partial charge in [0.25, 0.3) is 0 Å². The van der Waals surface area contributed by atoms with Crippen molar-refractivity contribution < 1.29 is 0 Å². The number of nitrogens with one attached hydrogen (secondary N) is 1. The van der Waals surface area contributed by atoms with E-state index in [4.69, 9.17) is 11.0 Å². The molecule has 1 aromatic carbocycles. The van der Waals surface area contributed by atoms with Gasteiger partial charge in [-0.2, -0.15) is 5.26 Å². The smallest absolute Gasteiger partial charge is 0.126 e. The second-order valence-corrected chi connectivity index (χ2v) is 3.47. The van der Waals surface area contributed by atoms with Crippen molar-refractivity contribution in [2.45, 2.75) is 6.04 Å². The fraction of sp³-hybridized carbons (Fsp3) is 0.167. The average molecular weight is 249 g/mol. The van der Waals surface area contributed by atoms with Gasteiger partial charge in [-0.25, -0.2) is 0 Å². The second-order valence-electron chi connectivity index (χ2n) is 3.47. The summed E-state index contributed by atoms with van der Waals surface area (Å²) >= 11 is 0. The first-order valence-electron chi connectivity index (χ1n) is 5.04. The van der Waals surface area contributed by atoms with Crippen LogP contribution in [0.3, 0.4) is 0 Å². The molecule has 1 atom stereocenters. The number of nitrogens with two attached hydrogens (primary N) is 1. The lowest BCUT2D eigenvalue weighted by molar-refractivity contribution is 0.888. The zero-order valence-corrected chi connectivity index (χ0v) is 9.95. The molecule has 0 radical (unpaired) electrons. The maximum absolute atomic E-state index is 8.85. The first-order chi connectivity index (χ1) is 7.85. The van der Waals surface area contributed by atoms with Crippen LogP contribution in [-0.4, -0.2) is 17.6 Å². The van der Waals surface area contributed by atoms with E-state index >= 15 is 0 Å². The van der Waals surface area contributed by atoms with E-state index in [1.807, 2.05) is 24.3 Å². The molecule has 2 rings (SSSR count). The molecule has 3 N–H and O–H groups in total. The lowest BCUT2D eigenvalue weighted by Gasteiger charge is -2.12. The van der Waals surface area contributed by atoms with Gasteiger partial charge in [0.1, 0.15) is 6.04 Å². The third-order valence-electron chi connectivity index (χ3n) is 2.39. The Bertz CT molecular complexity index is 530. The molecule has 1 unspecified atom stereocenters. The molecule has 5 heteroatoms. The van der Waals surface area contributed by atoms with Gasteiger partial charge in [0.15, 0.2) is 0 Å². The molecule has 4 nitrogen and oxygen atoms in total. The summed E-state index contributed by atoms with van der Waals surface area (Å²) in [6, 6.07) is 9.61. The zero-order valence-electron chi connectivity index (χ0n) is 9.13. The van der Waals surface area contributed by atoms with E-state index in [1.54, 1.807) is 12.4 Å². The maximum atomic E-state index is 8.85. The molecule has 0 aliphatic carbocycles. The minimum absolute atomic E-state index is 0. The van der Waals surface area contributed by atoms with Gasteiger partial charge >= 0.3 is 0 Å². The molecule has 0 aliphatic heterocycles. The molecular weight excluding hydrogens is 236 g/mol. The molecule has 0 aliphatic rings. The number of anilines is 1. The largest absolute Gasteiger partial charge is 0.367 e. The first-order valence-corrected chi connectivity index (χ1v) is 5.04. The zero-order chi connectivity index (χ0) is 11.4. The van der Waals surface area contributed by atoms with Crippen molar-refractivity contribution in [3.05, 3.63) is 36.7 Å². The van der Waals surface area contributed by atoms with E-state index in [1.165, 1.54) is 0 Å². The summed E-state index contributed by atoms with van der Waals surface area (Å²) in [5, 5.41) is 14.0. The van der Waals surface area contributed by atoms with Gasteiger partial charge in [0.2, 0.25) is 0 Å². The van der Waals surface area contributed by atoms with Crippen molar-refractivity contribution in [1.29, 1.82) is 5.26 Å². The van der Waals surface area contributed by atoms with Gasteiger partial charge in [0.05, 0.1) is 18.0 Å².